The van der Waals surface area contributed by atoms with Gasteiger partial charge < -0.3 is 4.57 Å². The standard InChI is InChI=1S/C10H8F3N/c1-5-3-6-4-7(11)8(12)9(13)10(6)14(5)2/h3-4H,1-2H3. The van der Waals surface area contributed by atoms with E-state index in [-0.39, 0.29) is 5.52 Å². The summed E-state index contributed by atoms with van der Waals surface area (Å²) in [5.41, 5.74) is 0.852. The second kappa shape index (κ2) is 2.77. The van der Waals surface area contributed by atoms with Gasteiger partial charge in [-0.1, -0.05) is 0 Å². The van der Waals surface area contributed by atoms with Gasteiger partial charge in [0.1, 0.15) is 0 Å². The summed E-state index contributed by atoms with van der Waals surface area (Å²) in [5.74, 6) is -3.70. The van der Waals surface area contributed by atoms with Gasteiger partial charge in [-0.05, 0) is 19.1 Å². The second-order valence-corrected chi connectivity index (χ2v) is 3.27. The first-order chi connectivity index (χ1) is 6.52. The van der Waals surface area contributed by atoms with Crippen molar-refractivity contribution in [1.82, 2.24) is 4.57 Å². The lowest BCUT2D eigenvalue weighted by molar-refractivity contribution is 0.451. The molecule has 1 heterocycles. The van der Waals surface area contributed by atoms with E-state index in [0.29, 0.717) is 5.39 Å². The smallest absolute Gasteiger partial charge is 0.196 e. The van der Waals surface area contributed by atoms with Crippen LogP contribution in [0.2, 0.25) is 0 Å². The quantitative estimate of drug-likeness (QED) is 0.575. The van der Waals surface area contributed by atoms with Gasteiger partial charge in [0, 0.05) is 18.1 Å². The maximum atomic E-state index is 13.3. The van der Waals surface area contributed by atoms with Crippen molar-refractivity contribution >= 4 is 10.9 Å². The number of halogens is 3. The molecule has 0 unspecified atom stereocenters. The predicted octanol–water partition coefficient (Wildman–Crippen LogP) is 2.90. The fourth-order valence-electron chi connectivity index (χ4n) is 1.55. The summed E-state index contributed by atoms with van der Waals surface area (Å²) >= 11 is 0. The topological polar surface area (TPSA) is 4.93 Å². The molecule has 74 valence electrons. The number of rotatable bonds is 0. The number of benzene rings is 1. The summed E-state index contributed by atoms with van der Waals surface area (Å²) in [6.07, 6.45) is 0. The van der Waals surface area contributed by atoms with Crippen LogP contribution < -0.4 is 0 Å². The minimum absolute atomic E-state index is 0.0985. The maximum absolute atomic E-state index is 13.3. The van der Waals surface area contributed by atoms with E-state index in [1.54, 1.807) is 20.0 Å². The lowest BCUT2D eigenvalue weighted by atomic mass is 10.2. The van der Waals surface area contributed by atoms with Crippen LogP contribution in [0.5, 0.6) is 0 Å². The van der Waals surface area contributed by atoms with Crippen molar-refractivity contribution in [2.75, 3.05) is 0 Å². The molecule has 2 rings (SSSR count). The van der Waals surface area contributed by atoms with Gasteiger partial charge in [0.25, 0.3) is 0 Å². The van der Waals surface area contributed by atoms with E-state index in [9.17, 15) is 13.2 Å². The molecule has 14 heavy (non-hydrogen) atoms. The molecule has 2 aromatic rings. The zero-order valence-corrected chi connectivity index (χ0v) is 7.74. The van der Waals surface area contributed by atoms with Crippen molar-refractivity contribution < 1.29 is 13.2 Å². The van der Waals surface area contributed by atoms with Crippen molar-refractivity contribution in [3.05, 3.63) is 35.3 Å². The molecule has 0 aliphatic heterocycles. The summed E-state index contributed by atoms with van der Waals surface area (Å²) in [4.78, 5) is 0. The summed E-state index contributed by atoms with van der Waals surface area (Å²) in [5, 5.41) is 0.376. The van der Waals surface area contributed by atoms with Crippen LogP contribution in [0.3, 0.4) is 0 Å². The van der Waals surface area contributed by atoms with Crippen LogP contribution >= 0.6 is 0 Å². The Kier molecular flexibility index (Phi) is 1.80. The summed E-state index contributed by atoms with van der Waals surface area (Å²) in [6.45, 7) is 1.75. The van der Waals surface area contributed by atoms with Gasteiger partial charge >= 0.3 is 0 Å². The minimum Gasteiger partial charge on any atom is -0.345 e. The predicted molar refractivity (Wildman–Crippen MR) is 47.5 cm³/mol. The molecule has 0 bridgehead atoms. The average Bonchev–Trinajstić information content (AvgIpc) is 2.39. The summed E-state index contributed by atoms with van der Waals surface area (Å²) < 4.78 is 40.5. The fourth-order valence-corrected chi connectivity index (χ4v) is 1.55. The average molecular weight is 199 g/mol. The van der Waals surface area contributed by atoms with E-state index in [1.165, 1.54) is 4.57 Å². The van der Waals surface area contributed by atoms with Gasteiger partial charge in [0.2, 0.25) is 0 Å². The third kappa shape index (κ3) is 1.03. The van der Waals surface area contributed by atoms with Crippen molar-refractivity contribution in [1.29, 1.82) is 0 Å². The van der Waals surface area contributed by atoms with Gasteiger partial charge in [-0.15, -0.1) is 0 Å². The zero-order chi connectivity index (χ0) is 10.5. The first-order valence-corrected chi connectivity index (χ1v) is 4.12. The van der Waals surface area contributed by atoms with Crippen molar-refractivity contribution in [3.63, 3.8) is 0 Å². The van der Waals surface area contributed by atoms with E-state index in [0.717, 1.165) is 11.8 Å². The molecule has 0 aliphatic carbocycles. The van der Waals surface area contributed by atoms with Crippen LogP contribution in [-0.4, -0.2) is 4.57 Å². The molecule has 0 amide bonds. The van der Waals surface area contributed by atoms with E-state index < -0.39 is 17.5 Å². The molecule has 0 atom stereocenters. The maximum Gasteiger partial charge on any atom is 0.196 e. The monoisotopic (exact) mass is 199 g/mol. The second-order valence-electron chi connectivity index (χ2n) is 3.27. The number of aryl methyl sites for hydroxylation is 2. The lowest BCUT2D eigenvalue weighted by Gasteiger charge is -2.01. The van der Waals surface area contributed by atoms with Gasteiger partial charge in [-0.25, -0.2) is 13.2 Å². The van der Waals surface area contributed by atoms with Gasteiger partial charge in [0.05, 0.1) is 5.52 Å². The Morgan fingerprint density at radius 3 is 2.36 bits per heavy atom. The molecule has 0 radical (unpaired) electrons. The van der Waals surface area contributed by atoms with Crippen LogP contribution in [0.1, 0.15) is 5.69 Å². The normalized spacial score (nSPS) is 11.2. The molecule has 0 spiro atoms. The van der Waals surface area contributed by atoms with E-state index in [1.807, 2.05) is 0 Å². The number of hydrogen-bond acceptors (Lipinski definition) is 0. The minimum atomic E-state index is -1.42. The Hall–Kier alpha value is -1.45. The third-order valence-electron chi connectivity index (χ3n) is 2.39. The third-order valence-corrected chi connectivity index (χ3v) is 2.39. The molecule has 0 N–H and O–H groups in total. The number of nitrogens with zero attached hydrogens (tertiary/aromatic N) is 1. The molecule has 0 saturated carbocycles. The van der Waals surface area contributed by atoms with E-state index in [2.05, 4.69) is 0 Å². The number of aromatic nitrogens is 1. The first-order valence-electron chi connectivity index (χ1n) is 4.12. The molecule has 1 nitrogen and oxygen atoms in total. The van der Waals surface area contributed by atoms with Gasteiger partial charge in [0.15, 0.2) is 17.5 Å². The highest BCUT2D eigenvalue weighted by Crippen LogP contribution is 2.25. The zero-order valence-electron chi connectivity index (χ0n) is 7.74. The Bertz CT molecular complexity index is 514. The fraction of sp³-hybridized carbons (Fsp3) is 0.200. The Balaban J connectivity index is 2.99. The molecule has 4 heteroatoms. The summed E-state index contributed by atoms with van der Waals surface area (Å²) in [7, 11) is 1.61. The van der Waals surface area contributed by atoms with Gasteiger partial charge in [-0.3, -0.25) is 0 Å². The highest BCUT2D eigenvalue weighted by molar-refractivity contribution is 5.82. The van der Waals surface area contributed by atoms with Gasteiger partial charge in [-0.2, -0.15) is 0 Å². The van der Waals surface area contributed by atoms with Crippen LogP contribution in [-0.2, 0) is 7.05 Å². The highest BCUT2D eigenvalue weighted by Gasteiger charge is 2.16. The first kappa shape index (κ1) is 9.12. The molecule has 1 aromatic heterocycles. The summed E-state index contributed by atoms with van der Waals surface area (Å²) in [6, 6.07) is 2.61. The Morgan fingerprint density at radius 1 is 1.07 bits per heavy atom. The molecule has 0 aliphatic rings. The number of hydrogen-bond donors (Lipinski definition) is 0. The van der Waals surface area contributed by atoms with Crippen molar-refractivity contribution in [2.24, 2.45) is 7.05 Å². The van der Waals surface area contributed by atoms with Crippen LogP contribution in [0.15, 0.2) is 12.1 Å². The molecular formula is C10H8F3N. The SMILES string of the molecule is Cc1cc2cc(F)c(F)c(F)c2n1C. The lowest BCUT2D eigenvalue weighted by Crippen LogP contribution is -1.97. The number of fused-ring (bicyclic) bond motifs is 1. The van der Waals surface area contributed by atoms with Crippen LogP contribution in [0.4, 0.5) is 13.2 Å². The van der Waals surface area contributed by atoms with Crippen molar-refractivity contribution in [2.45, 2.75) is 6.92 Å². The molecular weight excluding hydrogens is 191 g/mol. The highest BCUT2D eigenvalue weighted by atomic mass is 19.2. The van der Waals surface area contributed by atoms with E-state index in [4.69, 9.17) is 0 Å². The Labute approximate surface area is 78.8 Å². The van der Waals surface area contributed by atoms with E-state index >= 15 is 0 Å². The Morgan fingerprint density at radius 2 is 1.71 bits per heavy atom. The van der Waals surface area contributed by atoms with Crippen LogP contribution in [0.25, 0.3) is 10.9 Å². The largest absolute Gasteiger partial charge is 0.345 e. The van der Waals surface area contributed by atoms with Crippen LogP contribution in [0, 0.1) is 24.4 Å². The molecule has 0 saturated heterocycles. The van der Waals surface area contributed by atoms with Crippen molar-refractivity contribution in [3.8, 4) is 0 Å². The molecule has 0 fully saturated rings. The molecule has 1 aromatic carbocycles.